The van der Waals surface area contributed by atoms with Gasteiger partial charge < -0.3 is 52.6 Å². The summed E-state index contributed by atoms with van der Waals surface area (Å²) in [6.07, 6.45) is 0.322. The smallest absolute Gasteiger partial charge is 0.243 e. The lowest BCUT2D eigenvalue weighted by molar-refractivity contribution is -0.131. The molecular weight excluding hydrogens is 638 g/mol. The number of aliphatic hydroxyl groups is 2. The Kier molecular flexibility index (Phi) is 19.3. The lowest BCUT2D eigenvalue weighted by atomic mass is 10.0. The van der Waals surface area contributed by atoms with Gasteiger partial charge in [0.25, 0.3) is 0 Å². The second kappa shape index (κ2) is 23.4. The van der Waals surface area contributed by atoms with Crippen molar-refractivity contribution < 1.29 is 43.7 Å². The van der Waals surface area contributed by atoms with Crippen molar-refractivity contribution in [1.29, 1.82) is 0 Å². The summed E-state index contributed by atoms with van der Waals surface area (Å²) in [5, 5.41) is 32.7. The van der Waals surface area contributed by atoms with Crippen LogP contribution in [0.4, 0.5) is 0 Å². The number of benzene rings is 2. The van der Waals surface area contributed by atoms with Crippen LogP contribution in [-0.2, 0) is 46.3 Å². The minimum Gasteiger partial charge on any atom is -0.396 e. The summed E-state index contributed by atoms with van der Waals surface area (Å²) in [5.41, 5.74) is 7.59. The summed E-state index contributed by atoms with van der Waals surface area (Å²) in [7, 11) is 0. The van der Waals surface area contributed by atoms with E-state index in [9.17, 15) is 28.8 Å². The number of hydrogen-bond donors (Lipinski definition) is 9. The number of nitrogens with two attached hydrogens (primary N) is 1. The van der Waals surface area contributed by atoms with Crippen LogP contribution < -0.4 is 37.6 Å². The second-order valence-corrected chi connectivity index (χ2v) is 10.9. The number of rotatable bonds is 23. The van der Waals surface area contributed by atoms with Gasteiger partial charge in [-0.25, -0.2) is 0 Å². The molecular formula is C33H47N7O9. The molecule has 49 heavy (non-hydrogen) atoms. The molecule has 10 N–H and O–H groups in total. The predicted octanol–water partition coefficient (Wildman–Crippen LogP) is -2.64. The van der Waals surface area contributed by atoms with Crippen molar-refractivity contribution in [2.75, 3.05) is 46.2 Å². The Hall–Kier alpha value is -4.90. The first kappa shape index (κ1) is 40.3. The van der Waals surface area contributed by atoms with Crippen molar-refractivity contribution in [2.45, 2.75) is 50.2 Å². The number of hydrogen-bond acceptors (Lipinski definition) is 10. The van der Waals surface area contributed by atoms with E-state index in [0.29, 0.717) is 6.42 Å². The van der Waals surface area contributed by atoms with Crippen LogP contribution in [0.3, 0.4) is 0 Å². The molecule has 3 atom stereocenters. The fourth-order valence-electron chi connectivity index (χ4n) is 4.35. The van der Waals surface area contributed by atoms with Crippen molar-refractivity contribution in [1.82, 2.24) is 31.9 Å². The molecule has 0 radical (unpaired) electrons. The molecule has 0 fully saturated rings. The highest BCUT2D eigenvalue weighted by atomic mass is 16.5. The quantitative estimate of drug-likeness (QED) is 0.0435. The average molecular weight is 686 g/mol. The first-order valence-electron chi connectivity index (χ1n) is 15.9. The van der Waals surface area contributed by atoms with Crippen LogP contribution in [0.5, 0.6) is 0 Å². The van der Waals surface area contributed by atoms with Gasteiger partial charge in [-0.15, -0.1) is 0 Å². The molecule has 0 aliphatic heterocycles. The van der Waals surface area contributed by atoms with E-state index in [4.69, 9.17) is 20.7 Å². The summed E-state index contributed by atoms with van der Waals surface area (Å²) in [4.78, 5) is 75.9. The fourth-order valence-corrected chi connectivity index (χ4v) is 4.35. The van der Waals surface area contributed by atoms with E-state index in [2.05, 4.69) is 31.9 Å². The number of amides is 6. The highest BCUT2D eigenvalue weighted by Crippen LogP contribution is 2.07. The van der Waals surface area contributed by atoms with Gasteiger partial charge in [-0.3, -0.25) is 28.8 Å². The molecule has 6 amide bonds. The van der Waals surface area contributed by atoms with E-state index >= 15 is 0 Å². The van der Waals surface area contributed by atoms with Gasteiger partial charge in [0, 0.05) is 32.4 Å². The number of nitrogens with one attached hydrogen (secondary N) is 6. The van der Waals surface area contributed by atoms with Crippen molar-refractivity contribution in [3.8, 4) is 0 Å². The van der Waals surface area contributed by atoms with Crippen molar-refractivity contribution in [3.63, 3.8) is 0 Å². The highest BCUT2D eigenvalue weighted by Gasteiger charge is 2.26. The van der Waals surface area contributed by atoms with E-state index in [1.807, 2.05) is 0 Å². The molecule has 2 aromatic carbocycles. The Morgan fingerprint density at radius 3 is 1.71 bits per heavy atom. The molecule has 268 valence electrons. The lowest BCUT2D eigenvalue weighted by Gasteiger charge is -2.21. The van der Waals surface area contributed by atoms with Gasteiger partial charge in [-0.05, 0) is 24.0 Å². The molecule has 16 nitrogen and oxygen atoms in total. The maximum absolute atomic E-state index is 13.0. The minimum absolute atomic E-state index is 0.0271. The SMILES string of the molecule is NC(CCC(=O)NC(Cc1ccccc1)C(=O)NCC(=O)NCOCCCO)C(=O)NC(Cc1ccccc1)C(=O)NCC(=O)NCCO. The third kappa shape index (κ3) is 17.2. The molecule has 0 heterocycles. The van der Waals surface area contributed by atoms with Crippen LogP contribution in [0.1, 0.15) is 30.4 Å². The molecule has 2 rings (SSSR count). The van der Waals surface area contributed by atoms with Crippen LogP contribution in [0.25, 0.3) is 0 Å². The zero-order chi connectivity index (χ0) is 35.9. The van der Waals surface area contributed by atoms with Gasteiger partial charge in [0.1, 0.15) is 18.8 Å². The zero-order valence-corrected chi connectivity index (χ0v) is 27.3. The topological polar surface area (TPSA) is 250 Å². The summed E-state index contributed by atoms with van der Waals surface area (Å²) >= 11 is 0. The molecule has 16 heteroatoms. The largest absolute Gasteiger partial charge is 0.396 e. The molecule has 0 spiro atoms. The molecule has 0 aliphatic carbocycles. The van der Waals surface area contributed by atoms with Gasteiger partial charge in [-0.1, -0.05) is 60.7 Å². The maximum atomic E-state index is 13.0. The number of aliphatic hydroxyl groups excluding tert-OH is 2. The van der Waals surface area contributed by atoms with Crippen LogP contribution in [-0.4, -0.2) is 110 Å². The van der Waals surface area contributed by atoms with E-state index in [-0.39, 0.29) is 71.9 Å². The van der Waals surface area contributed by atoms with E-state index in [1.165, 1.54) is 0 Å². The lowest BCUT2D eigenvalue weighted by Crippen LogP contribution is -2.54. The Bertz CT molecular complexity index is 1330. The number of carbonyl (C=O) groups excluding carboxylic acids is 6. The van der Waals surface area contributed by atoms with Crippen LogP contribution in [0.2, 0.25) is 0 Å². The van der Waals surface area contributed by atoms with Crippen LogP contribution in [0.15, 0.2) is 60.7 Å². The monoisotopic (exact) mass is 685 g/mol. The van der Waals surface area contributed by atoms with Crippen LogP contribution >= 0.6 is 0 Å². The molecule has 0 aromatic heterocycles. The molecule has 0 bridgehead atoms. The van der Waals surface area contributed by atoms with E-state index in [0.717, 1.165) is 11.1 Å². The van der Waals surface area contributed by atoms with Gasteiger partial charge in [0.15, 0.2) is 0 Å². The average Bonchev–Trinajstić information content (AvgIpc) is 3.11. The fraction of sp³-hybridized carbons (Fsp3) is 0.455. The molecule has 2 aromatic rings. The third-order valence-corrected chi connectivity index (χ3v) is 6.97. The van der Waals surface area contributed by atoms with Crippen molar-refractivity contribution in [2.24, 2.45) is 5.73 Å². The first-order valence-corrected chi connectivity index (χ1v) is 15.9. The van der Waals surface area contributed by atoms with Gasteiger partial charge >= 0.3 is 0 Å². The number of carbonyl (C=O) groups is 6. The normalized spacial score (nSPS) is 12.5. The second-order valence-electron chi connectivity index (χ2n) is 10.9. The minimum atomic E-state index is -1.19. The van der Waals surface area contributed by atoms with Gasteiger partial charge in [0.2, 0.25) is 35.4 Å². The first-order chi connectivity index (χ1) is 23.6. The molecule has 0 aliphatic rings. The Balaban J connectivity index is 1.95. The predicted molar refractivity (Wildman–Crippen MR) is 178 cm³/mol. The van der Waals surface area contributed by atoms with E-state index in [1.54, 1.807) is 60.7 Å². The highest BCUT2D eigenvalue weighted by molar-refractivity contribution is 5.93. The third-order valence-electron chi connectivity index (χ3n) is 6.97. The Morgan fingerprint density at radius 2 is 1.18 bits per heavy atom. The Morgan fingerprint density at radius 1 is 0.653 bits per heavy atom. The van der Waals surface area contributed by atoms with Gasteiger partial charge in [-0.2, -0.15) is 0 Å². The van der Waals surface area contributed by atoms with Gasteiger partial charge in [0.05, 0.1) is 32.3 Å². The molecule has 0 saturated carbocycles. The van der Waals surface area contributed by atoms with E-state index < -0.39 is 53.6 Å². The number of ether oxygens (including phenoxy) is 1. The Labute approximate surface area is 284 Å². The van der Waals surface area contributed by atoms with Crippen molar-refractivity contribution in [3.05, 3.63) is 71.8 Å². The summed E-state index contributed by atoms with van der Waals surface area (Å²) in [6.45, 7) is -0.830. The summed E-state index contributed by atoms with van der Waals surface area (Å²) < 4.78 is 5.14. The molecule has 3 unspecified atom stereocenters. The van der Waals surface area contributed by atoms with Crippen LogP contribution in [0, 0.1) is 0 Å². The summed E-state index contributed by atoms with van der Waals surface area (Å²) in [5.74, 6) is -3.51. The zero-order valence-electron chi connectivity index (χ0n) is 27.3. The summed E-state index contributed by atoms with van der Waals surface area (Å²) in [6, 6.07) is 14.5. The standard InChI is InChI=1S/C33H47N7O9/c34-25(31(46)40-27(19-24-10-5-2-6-11-24)33(48)36-20-29(44)35-14-16-42)12-13-28(43)39-26(18-23-8-3-1-4-9-23)32(47)37-21-30(45)38-22-49-17-7-15-41/h1-6,8-11,25-27,41-42H,7,12-22,34H2,(H,35,44)(H,36,48)(H,37,47)(H,38,45)(H,39,43)(H,40,46). The van der Waals surface area contributed by atoms with Crippen molar-refractivity contribution >= 4 is 35.4 Å². The maximum Gasteiger partial charge on any atom is 0.243 e. The molecule has 0 saturated heterocycles.